The molecule has 0 aliphatic heterocycles. The summed E-state index contributed by atoms with van der Waals surface area (Å²) in [7, 11) is -4.40. The van der Waals surface area contributed by atoms with Crippen molar-refractivity contribution in [1.82, 2.24) is 5.43 Å². The Kier molecular flexibility index (Phi) is 4.91. The zero-order chi connectivity index (χ0) is 18.0. The molecule has 7 nitrogen and oxygen atoms in total. The Hall–Kier alpha value is -2.45. The molecular weight excluding hydrogens is 332 g/mol. The van der Waals surface area contributed by atoms with Gasteiger partial charge in [-0.3, -0.25) is 9.35 Å². The van der Waals surface area contributed by atoms with Gasteiger partial charge in [-0.25, -0.2) is 5.43 Å². The van der Waals surface area contributed by atoms with E-state index in [9.17, 15) is 13.2 Å². The third-order valence-corrected chi connectivity index (χ3v) is 3.96. The summed E-state index contributed by atoms with van der Waals surface area (Å²) in [5, 5.41) is 3.10. The van der Waals surface area contributed by atoms with E-state index in [2.05, 4.69) is 31.3 Å². The zero-order valence-corrected chi connectivity index (χ0v) is 14.3. The first-order chi connectivity index (χ1) is 11.1. The molecule has 0 fully saturated rings. The molecule has 1 amide bonds. The molecule has 8 heteroatoms. The lowest BCUT2D eigenvalue weighted by atomic mass is 9.87. The van der Waals surface area contributed by atoms with Crippen molar-refractivity contribution in [2.75, 3.05) is 0 Å². The van der Waals surface area contributed by atoms with Gasteiger partial charge >= 0.3 is 10.1 Å². The highest BCUT2D eigenvalue weighted by Crippen LogP contribution is 2.22. The number of nitrogens with zero attached hydrogens (tertiary/aromatic N) is 1. The molecule has 0 bridgehead atoms. The number of rotatable bonds is 4. The van der Waals surface area contributed by atoms with Crippen molar-refractivity contribution in [3.63, 3.8) is 0 Å². The molecule has 2 N–H and O–H groups in total. The van der Waals surface area contributed by atoms with Gasteiger partial charge in [0.25, 0.3) is 5.91 Å². The molecule has 1 aromatic heterocycles. The lowest BCUT2D eigenvalue weighted by Crippen LogP contribution is -2.18. The Morgan fingerprint density at radius 2 is 1.79 bits per heavy atom. The number of hydrogen-bond acceptors (Lipinski definition) is 5. The van der Waals surface area contributed by atoms with Crippen LogP contribution in [0.4, 0.5) is 0 Å². The van der Waals surface area contributed by atoms with E-state index in [1.165, 1.54) is 6.07 Å². The maximum absolute atomic E-state index is 12.0. The van der Waals surface area contributed by atoms with Crippen LogP contribution in [0, 0.1) is 0 Å². The molecule has 2 aromatic rings. The summed E-state index contributed by atoms with van der Waals surface area (Å²) in [5.74, 6) is -0.334. The van der Waals surface area contributed by atoms with E-state index in [1.807, 2.05) is 12.1 Å². The van der Waals surface area contributed by atoms with Gasteiger partial charge in [0.05, 0.1) is 6.21 Å². The summed E-state index contributed by atoms with van der Waals surface area (Å²) in [4.78, 5) is 12.0. The number of hydrogen-bond donors (Lipinski definition) is 2. The lowest BCUT2D eigenvalue weighted by molar-refractivity contribution is 0.0955. The molecule has 1 heterocycles. The Morgan fingerprint density at radius 1 is 1.17 bits per heavy atom. The Labute approximate surface area is 140 Å². The highest BCUT2D eigenvalue weighted by Gasteiger charge is 2.15. The fourth-order valence-corrected chi connectivity index (χ4v) is 2.32. The van der Waals surface area contributed by atoms with E-state index < -0.39 is 21.1 Å². The Morgan fingerprint density at radius 3 is 2.29 bits per heavy atom. The summed E-state index contributed by atoms with van der Waals surface area (Å²) in [5.41, 5.74) is 3.86. The minimum atomic E-state index is -4.40. The van der Waals surface area contributed by atoms with Crippen LogP contribution in [0.2, 0.25) is 0 Å². The molecule has 0 aliphatic carbocycles. The monoisotopic (exact) mass is 350 g/mol. The van der Waals surface area contributed by atoms with Crippen LogP contribution >= 0.6 is 0 Å². The molecule has 0 saturated carbocycles. The second-order valence-corrected chi connectivity index (χ2v) is 7.51. The predicted octanol–water partition coefficient (Wildman–Crippen LogP) is 2.59. The quantitative estimate of drug-likeness (QED) is 0.500. The average molecular weight is 350 g/mol. The topological polar surface area (TPSA) is 109 Å². The van der Waals surface area contributed by atoms with E-state index >= 15 is 0 Å². The molecule has 0 radical (unpaired) electrons. The number of benzene rings is 1. The Balaban J connectivity index is 2.01. The fraction of sp³-hybridized carbons (Fsp3) is 0.250. The fourth-order valence-electron chi connectivity index (χ4n) is 1.88. The molecule has 0 unspecified atom stereocenters. The average Bonchev–Trinajstić information content (AvgIpc) is 2.95. The zero-order valence-electron chi connectivity index (χ0n) is 13.5. The summed E-state index contributed by atoms with van der Waals surface area (Å²) >= 11 is 0. The summed E-state index contributed by atoms with van der Waals surface area (Å²) < 4.78 is 35.4. The molecule has 0 aliphatic rings. The van der Waals surface area contributed by atoms with E-state index in [0.717, 1.165) is 17.8 Å². The van der Waals surface area contributed by atoms with Gasteiger partial charge in [0.2, 0.25) is 5.09 Å². The minimum Gasteiger partial charge on any atom is -0.441 e. The number of amides is 1. The van der Waals surface area contributed by atoms with Gasteiger partial charge in [-0.2, -0.15) is 13.5 Å². The van der Waals surface area contributed by atoms with Gasteiger partial charge in [0, 0.05) is 5.56 Å². The van der Waals surface area contributed by atoms with Crippen molar-refractivity contribution in [3.8, 4) is 0 Å². The number of furan rings is 1. The van der Waals surface area contributed by atoms with E-state index in [1.54, 1.807) is 12.1 Å². The largest absolute Gasteiger partial charge is 0.441 e. The number of carbonyl (C=O) groups is 1. The molecule has 24 heavy (non-hydrogen) atoms. The number of carbonyl (C=O) groups excluding carboxylic acids is 1. The smallest absolute Gasteiger partial charge is 0.328 e. The van der Waals surface area contributed by atoms with Gasteiger partial charge in [-0.1, -0.05) is 32.9 Å². The number of hydrazone groups is 1. The lowest BCUT2D eigenvalue weighted by Gasteiger charge is -2.18. The second-order valence-electron chi connectivity index (χ2n) is 6.16. The highest BCUT2D eigenvalue weighted by atomic mass is 32.2. The number of nitrogens with one attached hydrogen (secondary N) is 1. The highest BCUT2D eigenvalue weighted by molar-refractivity contribution is 7.85. The SMILES string of the molecule is CC(C)(C)c1ccc(C(=O)N/N=C/c2ccc(S(=O)(=O)O)o2)cc1. The van der Waals surface area contributed by atoms with Gasteiger partial charge in [0.15, 0.2) is 0 Å². The van der Waals surface area contributed by atoms with Crippen molar-refractivity contribution in [2.45, 2.75) is 31.3 Å². The van der Waals surface area contributed by atoms with Crippen LogP contribution in [-0.2, 0) is 15.5 Å². The van der Waals surface area contributed by atoms with Gasteiger partial charge < -0.3 is 4.42 Å². The van der Waals surface area contributed by atoms with Gasteiger partial charge in [-0.15, -0.1) is 0 Å². The summed E-state index contributed by atoms with van der Waals surface area (Å²) in [6.45, 7) is 6.24. The first-order valence-electron chi connectivity index (χ1n) is 7.08. The molecule has 0 spiro atoms. The summed E-state index contributed by atoms with van der Waals surface area (Å²) in [6, 6.07) is 9.55. The maximum Gasteiger partial charge on any atom is 0.328 e. The third kappa shape index (κ3) is 4.53. The van der Waals surface area contributed by atoms with Crippen LogP contribution in [0.25, 0.3) is 0 Å². The normalized spacial score (nSPS) is 12.5. The van der Waals surface area contributed by atoms with Crippen LogP contribution < -0.4 is 5.43 Å². The van der Waals surface area contributed by atoms with E-state index in [0.29, 0.717) is 5.56 Å². The standard InChI is InChI=1S/C16H18N2O5S/c1-16(2,3)12-6-4-11(5-7-12)15(19)18-17-10-13-8-9-14(23-13)24(20,21)22/h4-10H,1-3H3,(H,18,19)(H,20,21,22)/b17-10+. The second kappa shape index (κ2) is 6.58. The van der Waals surface area contributed by atoms with Crippen LogP contribution in [0.15, 0.2) is 51.0 Å². The van der Waals surface area contributed by atoms with E-state index in [-0.39, 0.29) is 11.2 Å². The van der Waals surface area contributed by atoms with Crippen molar-refractivity contribution >= 4 is 22.2 Å². The first kappa shape index (κ1) is 17.9. The first-order valence-corrected chi connectivity index (χ1v) is 8.52. The molecule has 128 valence electrons. The molecule has 2 rings (SSSR count). The van der Waals surface area contributed by atoms with Crippen LogP contribution in [-0.4, -0.2) is 25.1 Å². The Bertz CT molecular complexity index is 859. The van der Waals surface area contributed by atoms with Crippen molar-refractivity contribution in [1.29, 1.82) is 0 Å². The van der Waals surface area contributed by atoms with E-state index in [4.69, 9.17) is 8.97 Å². The summed E-state index contributed by atoms with van der Waals surface area (Å²) in [6.07, 6.45) is 1.14. The van der Waals surface area contributed by atoms with Crippen molar-refractivity contribution < 1.29 is 22.2 Å². The van der Waals surface area contributed by atoms with Crippen molar-refractivity contribution in [2.24, 2.45) is 5.10 Å². The van der Waals surface area contributed by atoms with Crippen molar-refractivity contribution in [3.05, 3.63) is 53.3 Å². The van der Waals surface area contributed by atoms with Gasteiger partial charge in [-0.05, 0) is 35.2 Å². The molecule has 1 aromatic carbocycles. The van der Waals surface area contributed by atoms with Gasteiger partial charge in [0.1, 0.15) is 5.76 Å². The molecule has 0 saturated heterocycles. The molecular formula is C16H18N2O5S. The van der Waals surface area contributed by atoms with Crippen LogP contribution in [0.3, 0.4) is 0 Å². The third-order valence-electron chi connectivity index (χ3n) is 3.23. The predicted molar refractivity (Wildman–Crippen MR) is 88.7 cm³/mol. The van der Waals surface area contributed by atoms with Crippen LogP contribution in [0.1, 0.15) is 42.5 Å². The minimum absolute atomic E-state index is 0.00278. The molecule has 0 atom stereocenters. The van der Waals surface area contributed by atoms with Crippen LogP contribution in [0.5, 0.6) is 0 Å². The maximum atomic E-state index is 12.0.